The van der Waals surface area contributed by atoms with Crippen LogP contribution in [0.25, 0.3) is 21.9 Å². The van der Waals surface area contributed by atoms with Gasteiger partial charge in [0.25, 0.3) is 0 Å². The third-order valence-corrected chi connectivity index (χ3v) is 8.01. The Labute approximate surface area is 240 Å². The Balaban J connectivity index is 1.37. The first-order valence-corrected chi connectivity index (χ1v) is 14.6. The Hall–Kier alpha value is -3.34. The molecule has 7 nitrogen and oxygen atoms in total. The van der Waals surface area contributed by atoms with Crippen LogP contribution in [0.3, 0.4) is 0 Å². The van der Waals surface area contributed by atoms with Gasteiger partial charge >= 0.3 is 5.97 Å². The lowest BCUT2D eigenvalue weighted by atomic mass is 9.94. The molecule has 0 radical (unpaired) electrons. The van der Waals surface area contributed by atoms with Crippen LogP contribution in [0.5, 0.6) is 0 Å². The summed E-state index contributed by atoms with van der Waals surface area (Å²) in [5, 5.41) is 16.9. The summed E-state index contributed by atoms with van der Waals surface area (Å²) in [4.78, 5) is 21.3. The quantitative estimate of drug-likeness (QED) is 0.0763. The van der Waals surface area contributed by atoms with Gasteiger partial charge in [0.05, 0.1) is 17.5 Å². The number of H-pyrrole nitrogens is 2. The molecule has 0 aliphatic carbocycles. The largest absolute Gasteiger partial charge is 0.481 e. The Bertz CT molecular complexity index is 1520. The van der Waals surface area contributed by atoms with Crippen molar-refractivity contribution in [2.75, 3.05) is 5.32 Å². The molecule has 9 heteroatoms. The second kappa shape index (κ2) is 12.2. The van der Waals surface area contributed by atoms with Crippen molar-refractivity contribution in [3.8, 4) is 0 Å². The fourth-order valence-electron chi connectivity index (χ4n) is 5.29. The van der Waals surface area contributed by atoms with Gasteiger partial charge in [0.1, 0.15) is 5.52 Å². The van der Waals surface area contributed by atoms with Crippen molar-refractivity contribution in [1.82, 2.24) is 20.3 Å². The maximum Gasteiger partial charge on any atom is 0.303 e. The van der Waals surface area contributed by atoms with Crippen molar-refractivity contribution in [2.24, 2.45) is 0 Å². The highest BCUT2D eigenvalue weighted by Crippen LogP contribution is 2.38. The number of aromatic amines is 2. The van der Waals surface area contributed by atoms with Crippen LogP contribution >= 0.6 is 22.6 Å². The fraction of sp³-hybridized carbons (Fsp3) is 0.333. The second-order valence-electron chi connectivity index (χ2n) is 10.1. The first-order chi connectivity index (χ1) is 19.0. The number of halogens is 2. The molecular formula is C30H33FIN5O2. The summed E-state index contributed by atoms with van der Waals surface area (Å²) >= 11 is 2.27. The molecule has 0 saturated carbocycles. The highest BCUT2D eigenvalue weighted by atomic mass is 127. The van der Waals surface area contributed by atoms with Crippen molar-refractivity contribution in [3.63, 3.8) is 0 Å². The molecule has 2 aromatic heterocycles. The van der Waals surface area contributed by atoms with E-state index >= 15 is 4.39 Å². The Kier molecular flexibility index (Phi) is 8.54. The van der Waals surface area contributed by atoms with Crippen LogP contribution in [0.4, 0.5) is 10.1 Å². The molecule has 0 amide bonds. The molecular weight excluding hydrogens is 608 g/mol. The van der Waals surface area contributed by atoms with E-state index in [1.165, 1.54) is 6.33 Å². The van der Waals surface area contributed by atoms with Crippen LogP contribution in [0.2, 0.25) is 0 Å². The topological polar surface area (TPSA) is 106 Å². The van der Waals surface area contributed by atoms with Crippen LogP contribution in [0.15, 0.2) is 64.8 Å². The molecule has 0 bridgehead atoms. The summed E-state index contributed by atoms with van der Waals surface area (Å²) in [6.07, 6.45) is 17.4. The predicted octanol–water partition coefficient (Wildman–Crippen LogP) is 7.63. The number of dihydropyridines is 1. The number of imidazole rings is 1. The average Bonchev–Trinajstić information content (AvgIpc) is 3.59. The Morgan fingerprint density at radius 2 is 1.82 bits per heavy atom. The average molecular weight is 642 g/mol. The highest BCUT2D eigenvalue weighted by Gasteiger charge is 2.34. The van der Waals surface area contributed by atoms with Gasteiger partial charge in [0, 0.05) is 38.9 Å². The van der Waals surface area contributed by atoms with Gasteiger partial charge in [-0.1, -0.05) is 50.3 Å². The van der Waals surface area contributed by atoms with E-state index < -0.39 is 11.6 Å². The van der Waals surface area contributed by atoms with E-state index in [0.29, 0.717) is 16.7 Å². The van der Waals surface area contributed by atoms with Crippen molar-refractivity contribution in [2.45, 2.75) is 63.5 Å². The Morgan fingerprint density at radius 3 is 2.59 bits per heavy atom. The van der Waals surface area contributed by atoms with Crippen molar-refractivity contribution < 1.29 is 14.3 Å². The molecule has 1 atom stereocenters. The van der Waals surface area contributed by atoms with Gasteiger partial charge in [-0.3, -0.25) is 4.79 Å². The summed E-state index contributed by atoms with van der Waals surface area (Å²) < 4.78 is 17.1. The molecule has 5 rings (SSSR count). The number of para-hydroxylation sites is 1. The SMILES string of the molecule is O=C(O)CCCCCCCCCc1cc2[nH]cnc2c(F)c1NC1(c2c[nH]c3ccccc23)C=CC(I)=CN1. The maximum atomic E-state index is 16.1. The van der Waals surface area contributed by atoms with Crippen LogP contribution in [-0.4, -0.2) is 26.0 Å². The highest BCUT2D eigenvalue weighted by molar-refractivity contribution is 14.1. The zero-order chi connectivity index (χ0) is 27.2. The van der Waals surface area contributed by atoms with Gasteiger partial charge in [-0.25, -0.2) is 9.37 Å². The van der Waals surface area contributed by atoms with Gasteiger partial charge in [0.15, 0.2) is 11.5 Å². The molecule has 1 aliphatic heterocycles. The Morgan fingerprint density at radius 1 is 1.05 bits per heavy atom. The number of carbonyl (C=O) groups is 1. The number of unbranched alkanes of at least 4 members (excludes halogenated alkanes) is 6. The van der Waals surface area contributed by atoms with E-state index in [-0.39, 0.29) is 12.2 Å². The number of carboxylic acid groups (broad SMARTS) is 1. The summed E-state index contributed by atoms with van der Waals surface area (Å²) in [6, 6.07) is 10.1. The van der Waals surface area contributed by atoms with Crippen LogP contribution in [0, 0.1) is 5.82 Å². The minimum absolute atomic E-state index is 0.246. The van der Waals surface area contributed by atoms with Crippen LogP contribution in [0.1, 0.15) is 62.5 Å². The van der Waals surface area contributed by atoms with E-state index in [1.807, 2.05) is 48.8 Å². The lowest BCUT2D eigenvalue weighted by Gasteiger charge is -2.36. The van der Waals surface area contributed by atoms with Gasteiger partial charge in [-0.15, -0.1) is 0 Å². The number of hydrogen-bond acceptors (Lipinski definition) is 4. The van der Waals surface area contributed by atoms with E-state index in [1.54, 1.807) is 0 Å². The fourth-order valence-corrected chi connectivity index (χ4v) is 5.63. The van der Waals surface area contributed by atoms with Gasteiger partial charge in [0.2, 0.25) is 0 Å². The summed E-state index contributed by atoms with van der Waals surface area (Å²) in [5.41, 5.74) is 3.50. The van der Waals surface area contributed by atoms with E-state index in [9.17, 15) is 4.79 Å². The number of nitrogens with one attached hydrogen (secondary N) is 4. The summed E-state index contributed by atoms with van der Waals surface area (Å²) in [7, 11) is 0. The number of carboxylic acids is 1. The summed E-state index contributed by atoms with van der Waals surface area (Å²) in [5.74, 6) is -1.09. The number of aromatic nitrogens is 3. The van der Waals surface area contributed by atoms with Gasteiger partial charge in [-0.05, 0) is 71.7 Å². The molecule has 1 aliphatic rings. The molecule has 1 unspecified atom stereocenters. The number of rotatable bonds is 13. The molecule has 3 heterocycles. The molecule has 0 fully saturated rings. The predicted molar refractivity (Wildman–Crippen MR) is 162 cm³/mol. The minimum atomic E-state index is -0.857. The van der Waals surface area contributed by atoms with Gasteiger partial charge < -0.3 is 25.7 Å². The lowest BCUT2D eigenvalue weighted by Crippen LogP contribution is -2.46. The molecule has 0 spiro atoms. The first kappa shape index (κ1) is 27.2. The number of aryl methyl sites for hydroxylation is 1. The molecule has 0 saturated heterocycles. The zero-order valence-corrected chi connectivity index (χ0v) is 23.9. The standard InChI is InChI=1S/C30H33FIN5O2/c31-27-28(37-30(15-14-21(32)17-36-30)23-18-33-24-12-9-8-11-22(23)24)20(16-25-29(27)35-19-34-25)10-6-4-2-1-3-5-7-13-26(38)39/h8-9,11-12,14-19,33,36-37H,1-7,10,13H2,(H,34,35)(H,38,39). The normalized spacial score (nSPS) is 16.9. The zero-order valence-electron chi connectivity index (χ0n) is 21.7. The van der Waals surface area contributed by atoms with Crippen LogP contribution in [-0.2, 0) is 16.9 Å². The number of hydrogen-bond donors (Lipinski definition) is 5. The van der Waals surface area contributed by atoms with E-state index in [0.717, 1.165) is 77.0 Å². The molecule has 4 aromatic rings. The molecule has 2 aromatic carbocycles. The number of allylic oxidation sites excluding steroid dienone is 2. The molecule has 204 valence electrons. The van der Waals surface area contributed by atoms with Crippen molar-refractivity contribution >= 4 is 56.2 Å². The third-order valence-electron chi connectivity index (χ3n) is 7.34. The number of anilines is 1. The number of fused-ring (bicyclic) bond motifs is 2. The van der Waals surface area contributed by atoms with Crippen molar-refractivity contribution in [1.29, 1.82) is 0 Å². The monoisotopic (exact) mass is 641 g/mol. The van der Waals surface area contributed by atoms with Gasteiger partial charge in [-0.2, -0.15) is 0 Å². The third kappa shape index (κ3) is 6.13. The number of benzene rings is 2. The summed E-state index contributed by atoms with van der Waals surface area (Å²) in [6.45, 7) is 0. The lowest BCUT2D eigenvalue weighted by molar-refractivity contribution is -0.137. The maximum absolute atomic E-state index is 16.1. The number of aliphatic carboxylic acids is 1. The van der Waals surface area contributed by atoms with E-state index in [4.69, 9.17) is 5.11 Å². The molecule has 39 heavy (non-hydrogen) atoms. The van der Waals surface area contributed by atoms with Crippen molar-refractivity contribution in [3.05, 3.63) is 81.7 Å². The van der Waals surface area contributed by atoms with Crippen LogP contribution < -0.4 is 10.6 Å². The van der Waals surface area contributed by atoms with E-state index in [2.05, 4.69) is 54.2 Å². The molecule has 5 N–H and O–H groups in total. The smallest absolute Gasteiger partial charge is 0.303 e. The minimum Gasteiger partial charge on any atom is -0.481 e. The second-order valence-corrected chi connectivity index (χ2v) is 11.3. The first-order valence-electron chi connectivity index (χ1n) is 13.5. The number of nitrogens with zero attached hydrogens (tertiary/aromatic N) is 1.